The van der Waals surface area contributed by atoms with Gasteiger partial charge in [-0.3, -0.25) is 9.59 Å². The van der Waals surface area contributed by atoms with Gasteiger partial charge >= 0.3 is 0 Å². The number of anilines is 2. The van der Waals surface area contributed by atoms with Gasteiger partial charge in [0, 0.05) is 43.0 Å². The first kappa shape index (κ1) is 22.8. The zero-order chi connectivity index (χ0) is 22.6. The third-order valence-electron chi connectivity index (χ3n) is 5.15. The third kappa shape index (κ3) is 5.85. The third-order valence-corrected chi connectivity index (χ3v) is 6.78. The Kier molecular flexibility index (Phi) is 6.69. The van der Waals surface area contributed by atoms with Crippen LogP contribution in [0.3, 0.4) is 0 Å². The van der Waals surface area contributed by atoms with Crippen LogP contribution in [0.15, 0.2) is 59.5 Å². The number of hydrogen-bond acceptors (Lipinski definition) is 5. The zero-order valence-corrected chi connectivity index (χ0v) is 19.0. The fraction of sp³-hybridized carbons (Fsp3) is 0.391. The van der Waals surface area contributed by atoms with Crippen molar-refractivity contribution in [3.05, 3.63) is 54.6 Å². The molecule has 1 N–H and O–H groups in total. The molecule has 166 valence electrons. The summed E-state index contributed by atoms with van der Waals surface area (Å²) in [6.45, 7) is 8.61. The zero-order valence-electron chi connectivity index (χ0n) is 18.2. The van der Waals surface area contributed by atoms with E-state index in [-0.39, 0.29) is 16.2 Å². The van der Waals surface area contributed by atoms with Gasteiger partial charge in [0.1, 0.15) is 5.75 Å². The molecule has 0 unspecified atom stereocenters. The molecular weight excluding hydrogens is 414 g/mol. The second-order valence-corrected chi connectivity index (χ2v) is 10.7. The molecule has 3 rings (SSSR count). The van der Waals surface area contributed by atoms with E-state index in [2.05, 4.69) is 10.2 Å². The normalized spacial score (nSPS) is 14.9. The van der Waals surface area contributed by atoms with Crippen molar-refractivity contribution in [1.82, 2.24) is 4.90 Å². The first-order valence-corrected chi connectivity index (χ1v) is 11.9. The van der Waals surface area contributed by atoms with Crippen LogP contribution in [0.1, 0.15) is 20.8 Å². The summed E-state index contributed by atoms with van der Waals surface area (Å²) in [4.78, 5) is 28.9. The van der Waals surface area contributed by atoms with Crippen LogP contribution in [-0.2, 0) is 19.4 Å². The highest BCUT2D eigenvalue weighted by Gasteiger charge is 2.29. The van der Waals surface area contributed by atoms with Gasteiger partial charge in [-0.05, 0) is 36.4 Å². The molecular formula is C23H29N3O4S. The Labute approximate surface area is 184 Å². The first-order chi connectivity index (χ1) is 14.6. The second-order valence-electron chi connectivity index (χ2n) is 8.70. The van der Waals surface area contributed by atoms with Crippen molar-refractivity contribution in [3.63, 3.8) is 0 Å². The van der Waals surface area contributed by atoms with E-state index in [0.717, 1.165) is 18.8 Å². The fourth-order valence-electron chi connectivity index (χ4n) is 3.48. The molecule has 2 aromatic rings. The van der Waals surface area contributed by atoms with E-state index in [9.17, 15) is 18.0 Å². The molecule has 0 aliphatic carbocycles. The highest BCUT2D eigenvalue weighted by atomic mass is 32.2. The number of sulfone groups is 1. The topological polar surface area (TPSA) is 86.8 Å². The highest BCUT2D eigenvalue weighted by molar-refractivity contribution is 7.92. The number of piperazine rings is 1. The van der Waals surface area contributed by atoms with E-state index < -0.39 is 21.5 Å². The van der Waals surface area contributed by atoms with Gasteiger partial charge < -0.3 is 15.1 Å². The fourth-order valence-corrected chi connectivity index (χ4v) is 4.63. The highest BCUT2D eigenvalue weighted by Crippen LogP contribution is 2.23. The lowest BCUT2D eigenvalue weighted by atomic mass is 9.94. The molecule has 2 amide bonds. The molecule has 0 atom stereocenters. The van der Waals surface area contributed by atoms with E-state index in [0.29, 0.717) is 18.8 Å². The van der Waals surface area contributed by atoms with Crippen molar-refractivity contribution in [2.75, 3.05) is 42.1 Å². The second kappa shape index (κ2) is 9.09. The van der Waals surface area contributed by atoms with Gasteiger partial charge in [-0.15, -0.1) is 0 Å². The van der Waals surface area contributed by atoms with Crippen LogP contribution in [0.2, 0.25) is 0 Å². The number of benzene rings is 2. The standard InChI is InChI=1S/C23H29N3O4S/c1-23(2,3)22(28)26-15-13-25(14-16-26)19-11-9-18(10-12-19)24-21(27)17-31(29,30)20-7-5-4-6-8-20/h4-12H,13-17H2,1-3H3,(H,24,27). The van der Waals surface area contributed by atoms with Crippen LogP contribution in [0.5, 0.6) is 0 Å². The number of carbonyl (C=O) groups excluding carboxylic acids is 2. The molecule has 0 bridgehead atoms. The molecule has 31 heavy (non-hydrogen) atoms. The molecule has 0 radical (unpaired) electrons. The largest absolute Gasteiger partial charge is 0.368 e. The van der Waals surface area contributed by atoms with E-state index in [1.165, 1.54) is 12.1 Å². The predicted molar refractivity (Wildman–Crippen MR) is 122 cm³/mol. The van der Waals surface area contributed by atoms with Crippen LogP contribution in [0.4, 0.5) is 11.4 Å². The molecule has 0 saturated carbocycles. The van der Waals surface area contributed by atoms with Crippen molar-refractivity contribution in [3.8, 4) is 0 Å². The van der Waals surface area contributed by atoms with Gasteiger partial charge in [0.05, 0.1) is 4.90 Å². The average molecular weight is 444 g/mol. The van der Waals surface area contributed by atoms with Gasteiger partial charge in [-0.1, -0.05) is 39.0 Å². The summed E-state index contributed by atoms with van der Waals surface area (Å²) in [5.74, 6) is -1.02. The van der Waals surface area contributed by atoms with Crippen molar-refractivity contribution in [1.29, 1.82) is 0 Å². The molecule has 7 nitrogen and oxygen atoms in total. The number of nitrogens with zero attached hydrogens (tertiary/aromatic N) is 2. The molecule has 2 aromatic carbocycles. The minimum atomic E-state index is -3.68. The Morgan fingerprint density at radius 2 is 1.48 bits per heavy atom. The van der Waals surface area contributed by atoms with Crippen molar-refractivity contribution >= 4 is 33.0 Å². The molecule has 1 aliphatic heterocycles. The predicted octanol–water partition coefficient (Wildman–Crippen LogP) is 2.79. The Bertz CT molecular complexity index is 1020. The van der Waals surface area contributed by atoms with E-state index in [4.69, 9.17) is 0 Å². The summed E-state index contributed by atoms with van der Waals surface area (Å²) in [5, 5.41) is 2.65. The smallest absolute Gasteiger partial charge is 0.239 e. The monoisotopic (exact) mass is 443 g/mol. The summed E-state index contributed by atoms with van der Waals surface area (Å²) < 4.78 is 24.7. The molecule has 1 fully saturated rings. The van der Waals surface area contributed by atoms with Crippen LogP contribution < -0.4 is 10.2 Å². The minimum absolute atomic E-state index is 0.129. The lowest BCUT2D eigenvalue weighted by Crippen LogP contribution is -2.51. The molecule has 1 aliphatic rings. The van der Waals surface area contributed by atoms with Crippen LogP contribution in [0.25, 0.3) is 0 Å². The van der Waals surface area contributed by atoms with E-state index in [1.807, 2.05) is 37.8 Å². The summed E-state index contributed by atoms with van der Waals surface area (Å²) in [7, 11) is -3.68. The Morgan fingerprint density at radius 3 is 2.03 bits per heavy atom. The number of nitrogens with one attached hydrogen (secondary N) is 1. The van der Waals surface area contributed by atoms with Crippen molar-refractivity contribution in [2.45, 2.75) is 25.7 Å². The summed E-state index contributed by atoms with van der Waals surface area (Å²) in [5.41, 5.74) is 1.16. The van der Waals surface area contributed by atoms with E-state index >= 15 is 0 Å². The lowest BCUT2D eigenvalue weighted by Gasteiger charge is -2.38. The SMILES string of the molecule is CC(C)(C)C(=O)N1CCN(c2ccc(NC(=O)CS(=O)(=O)c3ccccc3)cc2)CC1. The van der Waals surface area contributed by atoms with Gasteiger partial charge in [-0.25, -0.2) is 8.42 Å². The molecule has 8 heteroatoms. The lowest BCUT2D eigenvalue weighted by molar-refractivity contribution is -0.139. The quantitative estimate of drug-likeness (QED) is 0.768. The molecule has 1 saturated heterocycles. The Hall–Kier alpha value is -2.87. The van der Waals surface area contributed by atoms with Gasteiger partial charge in [0.2, 0.25) is 11.8 Å². The summed E-state index contributed by atoms with van der Waals surface area (Å²) in [6, 6.07) is 15.2. The Balaban J connectivity index is 1.55. The maximum atomic E-state index is 12.4. The van der Waals surface area contributed by atoms with Crippen LogP contribution in [-0.4, -0.2) is 57.1 Å². The average Bonchev–Trinajstić information content (AvgIpc) is 2.73. The van der Waals surface area contributed by atoms with Gasteiger partial charge in [0.15, 0.2) is 9.84 Å². The molecule has 1 heterocycles. The first-order valence-electron chi connectivity index (χ1n) is 10.3. The Morgan fingerprint density at radius 1 is 0.903 bits per heavy atom. The van der Waals surface area contributed by atoms with Gasteiger partial charge in [0.25, 0.3) is 0 Å². The van der Waals surface area contributed by atoms with E-state index in [1.54, 1.807) is 30.3 Å². The van der Waals surface area contributed by atoms with Gasteiger partial charge in [-0.2, -0.15) is 0 Å². The molecule has 0 spiro atoms. The maximum absolute atomic E-state index is 12.4. The van der Waals surface area contributed by atoms with Crippen molar-refractivity contribution < 1.29 is 18.0 Å². The summed E-state index contributed by atoms with van der Waals surface area (Å²) >= 11 is 0. The minimum Gasteiger partial charge on any atom is -0.368 e. The summed E-state index contributed by atoms with van der Waals surface area (Å²) in [6.07, 6.45) is 0. The van der Waals surface area contributed by atoms with Crippen LogP contribution in [0, 0.1) is 5.41 Å². The number of amides is 2. The van der Waals surface area contributed by atoms with Crippen molar-refractivity contribution in [2.24, 2.45) is 5.41 Å². The number of hydrogen-bond donors (Lipinski definition) is 1. The number of carbonyl (C=O) groups is 2. The molecule has 0 aromatic heterocycles. The number of rotatable bonds is 5. The maximum Gasteiger partial charge on any atom is 0.239 e. The van der Waals surface area contributed by atoms with Crippen LogP contribution >= 0.6 is 0 Å².